The molecular formula is C19H18I2N2O5. The molecule has 0 radical (unpaired) electrons. The average molecular weight is 608 g/mol. The molecule has 148 valence electrons. The summed E-state index contributed by atoms with van der Waals surface area (Å²) in [5.74, 6) is 0.444. The van der Waals surface area contributed by atoms with Gasteiger partial charge in [-0.25, -0.2) is 10.2 Å². The molecule has 0 bridgehead atoms. The summed E-state index contributed by atoms with van der Waals surface area (Å²) in [5, 5.41) is 3.98. The monoisotopic (exact) mass is 608 g/mol. The van der Waals surface area contributed by atoms with Gasteiger partial charge in [-0.05, 0) is 94.1 Å². The van der Waals surface area contributed by atoms with Crippen LogP contribution in [-0.2, 0) is 9.53 Å². The van der Waals surface area contributed by atoms with E-state index in [9.17, 15) is 9.59 Å². The SMILES string of the molecule is CCOC(=O)COc1ccc(/C=N\NC(=O)c2ccc(I)c(OC)c2)cc1I. The van der Waals surface area contributed by atoms with Crippen LogP contribution in [0.2, 0.25) is 0 Å². The number of amides is 1. The van der Waals surface area contributed by atoms with E-state index in [1.54, 1.807) is 44.4 Å². The van der Waals surface area contributed by atoms with E-state index in [2.05, 4.69) is 55.7 Å². The third kappa shape index (κ3) is 6.62. The summed E-state index contributed by atoms with van der Waals surface area (Å²) in [5.41, 5.74) is 3.71. The Kier molecular flexibility index (Phi) is 8.96. The minimum absolute atomic E-state index is 0.146. The molecule has 0 atom stereocenters. The number of ether oxygens (including phenoxy) is 3. The van der Waals surface area contributed by atoms with Crippen LogP contribution in [0.3, 0.4) is 0 Å². The number of methoxy groups -OCH3 is 1. The molecule has 0 fully saturated rings. The van der Waals surface area contributed by atoms with E-state index < -0.39 is 5.97 Å². The molecule has 2 rings (SSSR count). The standard InChI is InChI=1S/C19H18I2N2O5/c1-3-27-18(24)11-28-16-7-4-12(8-15(16)21)10-22-23-19(25)13-5-6-14(20)17(9-13)26-2/h4-10H,3,11H2,1-2H3,(H,23,25)/b22-10-. The molecule has 2 aromatic rings. The maximum absolute atomic E-state index is 12.2. The van der Waals surface area contributed by atoms with Gasteiger partial charge in [0, 0.05) is 5.56 Å². The van der Waals surface area contributed by atoms with E-state index >= 15 is 0 Å². The van der Waals surface area contributed by atoms with Crippen molar-refractivity contribution in [3.05, 3.63) is 54.7 Å². The summed E-state index contributed by atoms with van der Waals surface area (Å²) in [6, 6.07) is 10.5. The van der Waals surface area contributed by atoms with Gasteiger partial charge in [0.1, 0.15) is 11.5 Å². The minimum Gasteiger partial charge on any atom is -0.496 e. The summed E-state index contributed by atoms with van der Waals surface area (Å²) in [6.45, 7) is 1.91. The smallest absolute Gasteiger partial charge is 0.344 e. The van der Waals surface area contributed by atoms with Gasteiger partial charge in [-0.15, -0.1) is 0 Å². The number of carbonyl (C=O) groups is 2. The number of hydrogen-bond acceptors (Lipinski definition) is 6. The van der Waals surface area contributed by atoms with Crippen molar-refractivity contribution in [3.63, 3.8) is 0 Å². The van der Waals surface area contributed by atoms with Crippen LogP contribution in [0, 0.1) is 7.14 Å². The molecule has 0 saturated carbocycles. The minimum atomic E-state index is -0.418. The second-order valence-corrected chi connectivity index (χ2v) is 7.66. The van der Waals surface area contributed by atoms with Crippen molar-refractivity contribution in [1.29, 1.82) is 0 Å². The average Bonchev–Trinajstić information content (AvgIpc) is 2.67. The normalized spacial score (nSPS) is 10.6. The van der Waals surface area contributed by atoms with Crippen molar-refractivity contribution in [3.8, 4) is 11.5 Å². The predicted molar refractivity (Wildman–Crippen MR) is 122 cm³/mol. The maximum atomic E-state index is 12.2. The predicted octanol–water partition coefficient (Wildman–Crippen LogP) is 3.61. The fraction of sp³-hybridized carbons (Fsp3) is 0.211. The highest BCUT2D eigenvalue weighted by molar-refractivity contribution is 14.1. The number of esters is 1. The lowest BCUT2D eigenvalue weighted by Crippen LogP contribution is -2.17. The first-order chi connectivity index (χ1) is 13.4. The van der Waals surface area contributed by atoms with Crippen LogP contribution in [0.25, 0.3) is 0 Å². The van der Waals surface area contributed by atoms with Gasteiger partial charge >= 0.3 is 5.97 Å². The highest BCUT2D eigenvalue weighted by atomic mass is 127. The van der Waals surface area contributed by atoms with Crippen molar-refractivity contribution >= 4 is 63.3 Å². The number of nitrogens with zero attached hydrogens (tertiary/aromatic N) is 1. The summed E-state index contributed by atoms with van der Waals surface area (Å²) in [6.07, 6.45) is 1.53. The number of halogens is 2. The van der Waals surface area contributed by atoms with E-state index in [0.29, 0.717) is 23.7 Å². The molecule has 7 nitrogen and oxygen atoms in total. The molecule has 1 amide bonds. The molecule has 0 spiro atoms. The summed E-state index contributed by atoms with van der Waals surface area (Å²) >= 11 is 4.23. The number of hydrazone groups is 1. The Morgan fingerprint density at radius 3 is 2.57 bits per heavy atom. The molecule has 0 unspecified atom stereocenters. The summed E-state index contributed by atoms with van der Waals surface area (Å²) in [7, 11) is 1.55. The van der Waals surface area contributed by atoms with Crippen molar-refractivity contribution < 1.29 is 23.8 Å². The van der Waals surface area contributed by atoms with E-state index in [1.807, 2.05) is 6.07 Å². The molecule has 0 saturated heterocycles. The Balaban J connectivity index is 1.96. The van der Waals surface area contributed by atoms with E-state index in [1.165, 1.54) is 6.21 Å². The summed E-state index contributed by atoms with van der Waals surface area (Å²) < 4.78 is 17.2. The zero-order valence-corrected chi connectivity index (χ0v) is 19.5. The molecule has 0 heterocycles. The molecule has 9 heteroatoms. The maximum Gasteiger partial charge on any atom is 0.344 e. The van der Waals surface area contributed by atoms with Crippen molar-refractivity contribution in [2.45, 2.75) is 6.92 Å². The van der Waals surface area contributed by atoms with Crippen LogP contribution < -0.4 is 14.9 Å². The fourth-order valence-electron chi connectivity index (χ4n) is 2.08. The number of rotatable bonds is 8. The molecule has 0 aliphatic rings. The number of carbonyl (C=O) groups excluding carboxylic acids is 2. The van der Waals surface area contributed by atoms with Crippen molar-refractivity contribution in [2.24, 2.45) is 5.10 Å². The van der Waals surface area contributed by atoms with E-state index in [0.717, 1.165) is 12.7 Å². The lowest BCUT2D eigenvalue weighted by atomic mass is 10.2. The number of benzene rings is 2. The van der Waals surface area contributed by atoms with E-state index in [4.69, 9.17) is 14.2 Å². The van der Waals surface area contributed by atoms with Gasteiger partial charge < -0.3 is 14.2 Å². The number of nitrogens with one attached hydrogen (secondary N) is 1. The van der Waals surface area contributed by atoms with E-state index in [-0.39, 0.29) is 12.5 Å². The van der Waals surface area contributed by atoms with Crippen LogP contribution >= 0.6 is 45.2 Å². The quantitative estimate of drug-likeness (QED) is 0.215. The van der Waals surface area contributed by atoms with Crippen molar-refractivity contribution in [2.75, 3.05) is 20.3 Å². The Labute approximate surface area is 190 Å². The first-order valence-electron chi connectivity index (χ1n) is 8.19. The van der Waals surface area contributed by atoms with Crippen molar-refractivity contribution in [1.82, 2.24) is 5.43 Å². The Morgan fingerprint density at radius 2 is 1.89 bits per heavy atom. The topological polar surface area (TPSA) is 86.2 Å². The Bertz CT molecular complexity index is 887. The first kappa shape index (κ1) is 22.4. The van der Waals surface area contributed by atoms with Gasteiger partial charge in [0.2, 0.25) is 0 Å². The lowest BCUT2D eigenvalue weighted by Gasteiger charge is -2.08. The highest BCUT2D eigenvalue weighted by Gasteiger charge is 2.09. The molecule has 1 N–H and O–H groups in total. The van der Waals surface area contributed by atoms with Gasteiger partial charge in [-0.1, -0.05) is 0 Å². The fourth-order valence-corrected chi connectivity index (χ4v) is 3.34. The Hall–Kier alpha value is -1.89. The second kappa shape index (κ2) is 11.2. The second-order valence-electron chi connectivity index (χ2n) is 5.33. The third-order valence-electron chi connectivity index (χ3n) is 3.40. The third-order valence-corrected chi connectivity index (χ3v) is 5.13. The molecule has 0 aliphatic carbocycles. The Morgan fingerprint density at radius 1 is 1.11 bits per heavy atom. The van der Waals surface area contributed by atoms with Crippen LogP contribution in [0.4, 0.5) is 0 Å². The zero-order chi connectivity index (χ0) is 20.5. The molecule has 0 aromatic heterocycles. The van der Waals surface area contributed by atoms with Crippen LogP contribution in [0.1, 0.15) is 22.8 Å². The van der Waals surface area contributed by atoms with Gasteiger partial charge in [0.25, 0.3) is 5.91 Å². The zero-order valence-electron chi connectivity index (χ0n) is 15.2. The molecule has 28 heavy (non-hydrogen) atoms. The summed E-state index contributed by atoms with van der Waals surface area (Å²) in [4.78, 5) is 23.5. The lowest BCUT2D eigenvalue weighted by molar-refractivity contribution is -0.145. The molecule has 0 aliphatic heterocycles. The van der Waals surface area contributed by atoms with Gasteiger partial charge in [-0.2, -0.15) is 5.10 Å². The molecule has 2 aromatic carbocycles. The largest absolute Gasteiger partial charge is 0.496 e. The van der Waals surface area contributed by atoms with Gasteiger partial charge in [0.05, 0.1) is 27.1 Å². The van der Waals surface area contributed by atoms with Crippen LogP contribution in [0.5, 0.6) is 11.5 Å². The molecular weight excluding hydrogens is 590 g/mol. The van der Waals surface area contributed by atoms with Gasteiger partial charge in [0.15, 0.2) is 6.61 Å². The van der Waals surface area contributed by atoms with Crippen LogP contribution in [0.15, 0.2) is 41.5 Å². The van der Waals surface area contributed by atoms with Crippen LogP contribution in [-0.4, -0.2) is 38.4 Å². The van der Waals surface area contributed by atoms with Gasteiger partial charge in [-0.3, -0.25) is 4.79 Å². The highest BCUT2D eigenvalue weighted by Crippen LogP contribution is 2.22. The first-order valence-corrected chi connectivity index (χ1v) is 10.3. The number of hydrogen-bond donors (Lipinski definition) is 1.